The predicted octanol–water partition coefficient (Wildman–Crippen LogP) is 4.76. The van der Waals surface area contributed by atoms with E-state index in [9.17, 15) is 0 Å². The van der Waals surface area contributed by atoms with Crippen LogP contribution in [0.15, 0.2) is 67.1 Å². The van der Waals surface area contributed by atoms with Gasteiger partial charge in [-0.25, -0.2) is 4.68 Å². The fraction of sp³-hybridized carbons (Fsp3) is 0.200. The first-order valence-corrected chi connectivity index (χ1v) is 10.8. The van der Waals surface area contributed by atoms with Crippen LogP contribution in [0.4, 0.5) is 5.69 Å². The highest BCUT2D eigenvalue weighted by Gasteiger charge is 2.26. The van der Waals surface area contributed by atoms with E-state index in [2.05, 4.69) is 68.2 Å². The highest BCUT2D eigenvalue weighted by Crippen LogP contribution is 2.39. The number of hydrogen-bond donors (Lipinski definition) is 1. The van der Waals surface area contributed by atoms with Gasteiger partial charge in [-0.2, -0.15) is 5.10 Å². The summed E-state index contributed by atoms with van der Waals surface area (Å²) in [6.45, 7) is 2.83. The van der Waals surface area contributed by atoms with Gasteiger partial charge in [-0.3, -0.25) is 9.67 Å². The molecular formula is C25H23N7. The molecule has 0 radical (unpaired) electrons. The third-order valence-corrected chi connectivity index (χ3v) is 6.20. The SMILES string of the molecule is Cc1nnn2c1-c1ccc(-c3cnn(C)c3)cc1C(Nc1ccc3cccnc3c1)CC2. The minimum atomic E-state index is 0.129. The second kappa shape index (κ2) is 7.30. The largest absolute Gasteiger partial charge is 0.378 e. The summed E-state index contributed by atoms with van der Waals surface area (Å²) in [5, 5.41) is 18.0. The van der Waals surface area contributed by atoms with Gasteiger partial charge in [0.2, 0.25) is 0 Å². The van der Waals surface area contributed by atoms with Crippen molar-refractivity contribution < 1.29 is 0 Å². The molecule has 2 aromatic carbocycles. The Balaban J connectivity index is 1.46. The summed E-state index contributed by atoms with van der Waals surface area (Å²) in [5.41, 5.74) is 8.79. The predicted molar refractivity (Wildman–Crippen MR) is 125 cm³/mol. The second-order valence-corrected chi connectivity index (χ2v) is 8.35. The summed E-state index contributed by atoms with van der Waals surface area (Å²) < 4.78 is 3.86. The van der Waals surface area contributed by atoms with Gasteiger partial charge in [0.25, 0.3) is 0 Å². The number of pyridine rings is 1. The molecule has 1 aliphatic heterocycles. The molecule has 0 amide bonds. The van der Waals surface area contributed by atoms with Gasteiger partial charge in [0.05, 0.1) is 29.1 Å². The maximum atomic E-state index is 4.52. The van der Waals surface area contributed by atoms with Crippen molar-refractivity contribution in [3.63, 3.8) is 0 Å². The maximum absolute atomic E-state index is 4.52. The number of nitrogens with zero attached hydrogens (tertiary/aromatic N) is 6. The molecule has 0 saturated heterocycles. The molecule has 6 rings (SSSR count). The fourth-order valence-corrected chi connectivity index (χ4v) is 4.62. The molecular weight excluding hydrogens is 398 g/mol. The number of aryl methyl sites for hydroxylation is 3. The van der Waals surface area contributed by atoms with E-state index in [0.717, 1.165) is 52.1 Å². The lowest BCUT2D eigenvalue weighted by Crippen LogP contribution is -2.12. The van der Waals surface area contributed by atoms with E-state index in [4.69, 9.17) is 0 Å². The summed E-state index contributed by atoms with van der Waals surface area (Å²) in [7, 11) is 1.94. The lowest BCUT2D eigenvalue weighted by atomic mass is 9.93. The first-order chi connectivity index (χ1) is 15.7. The minimum Gasteiger partial charge on any atom is -0.378 e. The van der Waals surface area contributed by atoms with Crippen LogP contribution in [-0.2, 0) is 13.6 Å². The summed E-state index contributed by atoms with van der Waals surface area (Å²) in [6, 6.07) is 17.2. The van der Waals surface area contributed by atoms with Gasteiger partial charge in [-0.1, -0.05) is 29.5 Å². The minimum absolute atomic E-state index is 0.129. The molecule has 0 fully saturated rings. The van der Waals surface area contributed by atoms with Gasteiger partial charge in [0.15, 0.2) is 0 Å². The van der Waals surface area contributed by atoms with Crippen LogP contribution in [0.1, 0.15) is 23.7 Å². The average Bonchev–Trinajstić information content (AvgIpc) is 3.37. The normalized spacial score (nSPS) is 15.2. The Morgan fingerprint density at radius 1 is 1.06 bits per heavy atom. The fourth-order valence-electron chi connectivity index (χ4n) is 4.62. The van der Waals surface area contributed by atoms with Crippen molar-refractivity contribution in [3.8, 4) is 22.4 Å². The van der Waals surface area contributed by atoms with E-state index in [1.807, 2.05) is 48.0 Å². The van der Waals surface area contributed by atoms with E-state index in [1.165, 1.54) is 11.1 Å². The van der Waals surface area contributed by atoms with Crippen LogP contribution in [0.2, 0.25) is 0 Å². The van der Waals surface area contributed by atoms with E-state index in [0.29, 0.717) is 0 Å². The molecule has 7 nitrogen and oxygen atoms in total. The van der Waals surface area contributed by atoms with Crippen molar-refractivity contribution in [1.29, 1.82) is 0 Å². The van der Waals surface area contributed by atoms with E-state index >= 15 is 0 Å². The van der Waals surface area contributed by atoms with Crippen LogP contribution in [0.5, 0.6) is 0 Å². The summed E-state index contributed by atoms with van der Waals surface area (Å²) >= 11 is 0. The third kappa shape index (κ3) is 3.13. The molecule has 7 heteroatoms. The summed E-state index contributed by atoms with van der Waals surface area (Å²) in [6.07, 6.45) is 6.70. The van der Waals surface area contributed by atoms with Gasteiger partial charge >= 0.3 is 0 Å². The van der Waals surface area contributed by atoms with Crippen LogP contribution < -0.4 is 5.32 Å². The number of hydrogen-bond acceptors (Lipinski definition) is 5. The Labute approximate surface area is 185 Å². The van der Waals surface area contributed by atoms with E-state index in [1.54, 1.807) is 0 Å². The molecule has 0 spiro atoms. The molecule has 1 aliphatic rings. The maximum Gasteiger partial charge on any atom is 0.0918 e. The Bertz CT molecular complexity index is 1450. The van der Waals surface area contributed by atoms with Crippen molar-refractivity contribution in [2.45, 2.75) is 25.9 Å². The van der Waals surface area contributed by atoms with E-state index in [-0.39, 0.29) is 6.04 Å². The van der Waals surface area contributed by atoms with Crippen molar-refractivity contribution in [2.75, 3.05) is 5.32 Å². The number of nitrogens with one attached hydrogen (secondary N) is 1. The smallest absolute Gasteiger partial charge is 0.0918 e. The average molecular weight is 422 g/mol. The third-order valence-electron chi connectivity index (χ3n) is 6.20. The molecule has 158 valence electrons. The van der Waals surface area contributed by atoms with Crippen LogP contribution in [0.3, 0.4) is 0 Å². The zero-order chi connectivity index (χ0) is 21.7. The first kappa shape index (κ1) is 18.7. The monoisotopic (exact) mass is 421 g/mol. The van der Waals surface area contributed by atoms with E-state index < -0.39 is 0 Å². The van der Waals surface area contributed by atoms with Gasteiger partial charge in [0.1, 0.15) is 0 Å². The molecule has 3 aromatic heterocycles. The lowest BCUT2D eigenvalue weighted by Gasteiger charge is -2.21. The Morgan fingerprint density at radius 2 is 2.00 bits per heavy atom. The molecule has 1 atom stereocenters. The molecule has 32 heavy (non-hydrogen) atoms. The lowest BCUT2D eigenvalue weighted by molar-refractivity contribution is 0.539. The standard InChI is InChI=1S/C25H23N7/c1-16-25-21-8-6-18(19-14-27-31(2)15-19)12-22(21)23(9-11-32(25)30-29-16)28-20-7-5-17-4-3-10-26-24(17)13-20/h3-8,10,12-15,23,28H,9,11H2,1-2H3. The zero-order valence-electron chi connectivity index (χ0n) is 18.0. The summed E-state index contributed by atoms with van der Waals surface area (Å²) in [5.74, 6) is 0. The Hall–Kier alpha value is -4.00. The topological polar surface area (TPSA) is 73.5 Å². The summed E-state index contributed by atoms with van der Waals surface area (Å²) in [4.78, 5) is 4.52. The zero-order valence-corrected chi connectivity index (χ0v) is 18.0. The molecule has 1 N–H and O–H groups in total. The van der Waals surface area contributed by atoms with Crippen LogP contribution >= 0.6 is 0 Å². The molecule has 0 aliphatic carbocycles. The van der Waals surface area contributed by atoms with Gasteiger partial charge in [-0.05, 0) is 48.7 Å². The molecule has 0 saturated carbocycles. The van der Waals surface area contributed by atoms with Crippen LogP contribution in [0.25, 0.3) is 33.3 Å². The number of aromatic nitrogens is 6. The quantitative estimate of drug-likeness (QED) is 0.455. The highest BCUT2D eigenvalue weighted by molar-refractivity contribution is 5.82. The van der Waals surface area contributed by atoms with Crippen molar-refractivity contribution in [2.24, 2.45) is 7.05 Å². The highest BCUT2D eigenvalue weighted by atomic mass is 15.4. The van der Waals surface area contributed by atoms with Crippen molar-refractivity contribution in [3.05, 3.63) is 78.4 Å². The van der Waals surface area contributed by atoms with Gasteiger partial charge in [-0.15, -0.1) is 5.10 Å². The first-order valence-electron chi connectivity index (χ1n) is 10.8. The van der Waals surface area contributed by atoms with Gasteiger partial charge < -0.3 is 5.32 Å². The molecule has 5 aromatic rings. The van der Waals surface area contributed by atoms with Crippen molar-refractivity contribution in [1.82, 2.24) is 29.8 Å². The number of benzene rings is 2. The Kier molecular flexibility index (Phi) is 4.28. The van der Waals surface area contributed by atoms with Crippen LogP contribution in [-0.4, -0.2) is 29.8 Å². The van der Waals surface area contributed by atoms with Crippen LogP contribution in [0, 0.1) is 6.92 Å². The second-order valence-electron chi connectivity index (χ2n) is 8.35. The number of rotatable bonds is 3. The molecule has 4 heterocycles. The van der Waals surface area contributed by atoms with Crippen molar-refractivity contribution >= 4 is 16.6 Å². The number of anilines is 1. The number of fused-ring (bicyclic) bond motifs is 4. The Morgan fingerprint density at radius 3 is 2.88 bits per heavy atom. The molecule has 1 unspecified atom stereocenters. The van der Waals surface area contributed by atoms with Gasteiger partial charge in [0, 0.05) is 48.2 Å². The molecule has 0 bridgehead atoms.